The third kappa shape index (κ3) is 2.35. The first-order valence-corrected chi connectivity index (χ1v) is 11.4. The Kier molecular flexibility index (Phi) is 4.06. The maximum absolute atomic E-state index is 12.9. The van der Waals surface area contributed by atoms with E-state index in [9.17, 15) is 9.90 Å². The second kappa shape index (κ2) is 6.04. The molecule has 0 amide bonds. The summed E-state index contributed by atoms with van der Waals surface area (Å²) in [7, 11) is 1.98. The number of aliphatic hydroxyl groups is 1. The zero-order valence-corrected chi connectivity index (χ0v) is 18.2. The molecule has 0 saturated heterocycles. The summed E-state index contributed by atoms with van der Waals surface area (Å²) in [5.74, 6) is 1.26. The Labute approximate surface area is 173 Å². The van der Waals surface area contributed by atoms with Crippen LogP contribution in [-0.2, 0) is 18.3 Å². The molecule has 4 aliphatic carbocycles. The normalized spacial score (nSPS) is 45.7. The number of aliphatic hydroxyl groups excluding tert-OH is 1. The van der Waals surface area contributed by atoms with Crippen molar-refractivity contribution in [1.82, 2.24) is 9.78 Å². The number of hydrogen-bond acceptors (Lipinski definition) is 4. The van der Waals surface area contributed by atoms with Crippen molar-refractivity contribution in [1.29, 1.82) is 0 Å². The standard InChI is InChI=1S/C24H35N3O2/c1-5-20(29)24(25)9-8-17-16-7-6-15-10-18-14(13-27(4)26-18)11-22(15,2)21(16)19(28)12-23(17,24)3/h10,13,16-17,19,21,28H,5-9,11-12,25H2,1-4H3/t16?,17?,19?,21?,22?,23?,24-/m0/s1. The molecule has 0 spiro atoms. The largest absolute Gasteiger partial charge is 0.393 e. The van der Waals surface area contributed by atoms with Gasteiger partial charge in [-0.1, -0.05) is 26.3 Å². The third-order valence-electron chi connectivity index (χ3n) is 9.55. The van der Waals surface area contributed by atoms with E-state index in [-0.39, 0.29) is 22.5 Å². The molecule has 3 N–H and O–H groups in total. The van der Waals surface area contributed by atoms with Crippen LogP contribution < -0.4 is 5.73 Å². The van der Waals surface area contributed by atoms with E-state index in [4.69, 9.17) is 5.73 Å². The third-order valence-corrected chi connectivity index (χ3v) is 9.55. The van der Waals surface area contributed by atoms with Gasteiger partial charge in [-0.3, -0.25) is 9.48 Å². The first-order valence-electron chi connectivity index (χ1n) is 11.4. The van der Waals surface area contributed by atoms with Crippen molar-refractivity contribution in [2.75, 3.05) is 0 Å². The molecule has 0 radical (unpaired) electrons. The van der Waals surface area contributed by atoms with Gasteiger partial charge in [0.25, 0.3) is 0 Å². The highest BCUT2D eigenvalue weighted by atomic mass is 16.3. The van der Waals surface area contributed by atoms with Crippen LogP contribution in [0.5, 0.6) is 0 Å². The molecule has 3 saturated carbocycles. The molecule has 29 heavy (non-hydrogen) atoms. The number of nitrogens with two attached hydrogens (primary N) is 1. The van der Waals surface area contributed by atoms with Crippen molar-refractivity contribution in [2.45, 2.75) is 77.4 Å². The molecule has 7 atom stereocenters. The molecular formula is C24H35N3O2. The van der Waals surface area contributed by atoms with Crippen LogP contribution in [0.15, 0.2) is 11.8 Å². The number of nitrogens with zero attached hydrogens (tertiary/aromatic N) is 2. The summed E-state index contributed by atoms with van der Waals surface area (Å²) in [6, 6.07) is 0. The van der Waals surface area contributed by atoms with Gasteiger partial charge in [0.05, 0.1) is 17.3 Å². The van der Waals surface area contributed by atoms with Crippen LogP contribution in [0.25, 0.3) is 6.08 Å². The van der Waals surface area contributed by atoms with Crippen LogP contribution in [0.3, 0.4) is 0 Å². The van der Waals surface area contributed by atoms with E-state index in [1.54, 1.807) is 0 Å². The Balaban J connectivity index is 1.54. The molecule has 1 aromatic rings. The minimum Gasteiger partial charge on any atom is -0.393 e. The zero-order chi connectivity index (χ0) is 20.8. The fourth-order valence-electron chi connectivity index (χ4n) is 8.15. The molecule has 0 aliphatic heterocycles. The Bertz CT molecular complexity index is 904. The van der Waals surface area contributed by atoms with Crippen LogP contribution in [0.2, 0.25) is 0 Å². The van der Waals surface area contributed by atoms with E-state index in [1.165, 1.54) is 11.1 Å². The molecule has 4 aliphatic rings. The lowest BCUT2D eigenvalue weighted by Gasteiger charge is -2.60. The van der Waals surface area contributed by atoms with E-state index in [1.807, 2.05) is 18.7 Å². The maximum atomic E-state index is 12.9. The van der Waals surface area contributed by atoms with Crippen LogP contribution in [0.4, 0.5) is 0 Å². The van der Waals surface area contributed by atoms with Gasteiger partial charge >= 0.3 is 0 Å². The van der Waals surface area contributed by atoms with E-state index in [0.29, 0.717) is 24.7 Å². The number of Topliss-reactive ketones (excluding diaryl/α,β-unsaturated/α-hetero) is 1. The number of rotatable bonds is 2. The van der Waals surface area contributed by atoms with Gasteiger partial charge in [-0.2, -0.15) is 5.10 Å². The van der Waals surface area contributed by atoms with Gasteiger partial charge in [-0.25, -0.2) is 0 Å². The molecule has 158 valence electrons. The van der Waals surface area contributed by atoms with Crippen LogP contribution >= 0.6 is 0 Å². The summed E-state index contributed by atoms with van der Waals surface area (Å²) in [5, 5.41) is 16.2. The zero-order valence-electron chi connectivity index (χ0n) is 18.2. The number of aryl methyl sites for hydroxylation is 1. The van der Waals surface area contributed by atoms with Gasteiger partial charge in [-0.15, -0.1) is 0 Å². The molecule has 1 aromatic heterocycles. The molecule has 0 bridgehead atoms. The fraction of sp³-hybridized carbons (Fsp3) is 0.750. The number of hydrogen-bond donors (Lipinski definition) is 2. The summed E-state index contributed by atoms with van der Waals surface area (Å²) >= 11 is 0. The highest BCUT2D eigenvalue weighted by Gasteiger charge is 2.67. The lowest BCUT2D eigenvalue weighted by molar-refractivity contribution is -0.145. The second-order valence-electron chi connectivity index (χ2n) is 10.8. The number of ketones is 1. The van der Waals surface area contributed by atoms with Gasteiger partial charge in [0.2, 0.25) is 0 Å². The van der Waals surface area contributed by atoms with E-state index < -0.39 is 11.6 Å². The molecular weight excluding hydrogens is 362 g/mol. The Morgan fingerprint density at radius 1 is 1.38 bits per heavy atom. The molecule has 3 fully saturated rings. The molecule has 5 rings (SSSR count). The van der Waals surface area contributed by atoms with Gasteiger partial charge in [0.1, 0.15) is 0 Å². The number of aromatic nitrogens is 2. The average molecular weight is 398 g/mol. The Hall–Kier alpha value is -1.46. The fourth-order valence-corrected chi connectivity index (χ4v) is 8.15. The highest BCUT2D eigenvalue weighted by Crippen LogP contribution is 2.67. The van der Waals surface area contributed by atoms with Crippen molar-refractivity contribution in [3.8, 4) is 0 Å². The Morgan fingerprint density at radius 2 is 2.14 bits per heavy atom. The first kappa shape index (κ1) is 19.5. The van der Waals surface area contributed by atoms with Crippen molar-refractivity contribution < 1.29 is 9.90 Å². The van der Waals surface area contributed by atoms with E-state index in [2.05, 4.69) is 31.2 Å². The summed E-state index contributed by atoms with van der Waals surface area (Å²) in [6.07, 6.45) is 10.0. The predicted octanol–water partition coefficient (Wildman–Crippen LogP) is 3.25. The smallest absolute Gasteiger partial charge is 0.152 e. The van der Waals surface area contributed by atoms with Crippen molar-refractivity contribution in [3.05, 3.63) is 23.0 Å². The van der Waals surface area contributed by atoms with Gasteiger partial charge < -0.3 is 10.8 Å². The van der Waals surface area contributed by atoms with E-state index >= 15 is 0 Å². The lowest BCUT2D eigenvalue weighted by Crippen LogP contribution is -2.64. The molecule has 1 heterocycles. The van der Waals surface area contributed by atoms with Crippen molar-refractivity contribution in [3.63, 3.8) is 0 Å². The summed E-state index contributed by atoms with van der Waals surface area (Å²) in [4.78, 5) is 12.9. The summed E-state index contributed by atoms with van der Waals surface area (Å²) in [5.41, 5.74) is 9.57. The minimum absolute atomic E-state index is 0.0334. The lowest BCUT2D eigenvalue weighted by atomic mass is 9.45. The van der Waals surface area contributed by atoms with Crippen molar-refractivity contribution in [2.24, 2.45) is 41.4 Å². The molecule has 0 aromatic carbocycles. The molecule has 6 unspecified atom stereocenters. The van der Waals surface area contributed by atoms with Crippen LogP contribution in [0.1, 0.15) is 70.6 Å². The predicted molar refractivity (Wildman–Crippen MR) is 113 cm³/mol. The van der Waals surface area contributed by atoms with Crippen molar-refractivity contribution >= 4 is 11.9 Å². The second-order valence-corrected chi connectivity index (χ2v) is 10.8. The SMILES string of the molecule is CCC(=O)[C@@]1(N)CCC2C3CCC4=Cc5nn(C)cc5CC4(C)C3C(O)CC21C. The molecule has 5 heteroatoms. The number of carbonyl (C=O) groups excluding carboxylic acids is 1. The summed E-state index contributed by atoms with van der Waals surface area (Å²) in [6.45, 7) is 6.48. The summed E-state index contributed by atoms with van der Waals surface area (Å²) < 4.78 is 1.91. The number of allylic oxidation sites excluding steroid dienone is 1. The topological polar surface area (TPSA) is 81.1 Å². The maximum Gasteiger partial charge on any atom is 0.152 e. The van der Waals surface area contributed by atoms with Crippen LogP contribution in [0, 0.1) is 28.6 Å². The van der Waals surface area contributed by atoms with Crippen LogP contribution in [-0.4, -0.2) is 32.3 Å². The van der Waals surface area contributed by atoms with Gasteiger partial charge in [0.15, 0.2) is 5.78 Å². The Morgan fingerprint density at radius 3 is 2.86 bits per heavy atom. The monoisotopic (exact) mass is 397 g/mol. The highest BCUT2D eigenvalue weighted by molar-refractivity contribution is 5.89. The molecule has 5 nitrogen and oxygen atoms in total. The van der Waals surface area contributed by atoms with Gasteiger partial charge in [-0.05, 0) is 78.7 Å². The first-order chi connectivity index (χ1) is 13.6. The van der Waals surface area contributed by atoms with E-state index in [0.717, 1.165) is 37.8 Å². The average Bonchev–Trinajstić information content (AvgIpc) is 3.14. The minimum atomic E-state index is -0.779. The quantitative estimate of drug-likeness (QED) is 0.803. The van der Waals surface area contributed by atoms with Gasteiger partial charge in [0, 0.05) is 19.7 Å². The number of carbonyl (C=O) groups is 1. The number of fused-ring (bicyclic) bond motifs is 6.